The van der Waals surface area contributed by atoms with Crippen LogP contribution in [0.1, 0.15) is 67.7 Å². The number of aromatic nitrogens is 1. The number of carbonyl (C=O) groups excluding carboxylic acids is 3. The van der Waals surface area contributed by atoms with E-state index in [1.165, 1.54) is 55.4 Å². The summed E-state index contributed by atoms with van der Waals surface area (Å²) in [5.41, 5.74) is 8.87. The molecule has 1 aliphatic carbocycles. The number of anilines is 1. The first-order chi connectivity index (χ1) is 22.3. The molecule has 1 saturated carbocycles. The van der Waals surface area contributed by atoms with Crippen molar-refractivity contribution in [2.45, 2.75) is 76.9 Å². The molecule has 11 heteroatoms. The molecule has 0 radical (unpaired) electrons. The fraction of sp³-hybridized carbons (Fsp3) is 0.429. The van der Waals surface area contributed by atoms with Crippen molar-refractivity contribution >= 4 is 25.2 Å². The number of nitrogens with two attached hydrogens (primary N) is 1. The van der Waals surface area contributed by atoms with Crippen LogP contribution >= 0.6 is 0 Å². The molecule has 250 valence electrons. The highest BCUT2D eigenvalue weighted by atomic mass is 19.1. The van der Waals surface area contributed by atoms with Crippen LogP contribution in [0.2, 0.25) is 0 Å². The molecule has 0 bridgehead atoms. The Morgan fingerprint density at radius 3 is 2.33 bits per heavy atom. The molecule has 3 aromatic rings. The van der Waals surface area contributed by atoms with E-state index in [0.29, 0.717) is 40.8 Å². The summed E-state index contributed by atoms with van der Waals surface area (Å²) in [5.74, 6) is -2.70. The number of nitrogens with one attached hydrogen (secondary N) is 2. The van der Waals surface area contributed by atoms with Crippen LogP contribution in [0, 0.1) is 24.4 Å². The molecule has 0 spiro atoms. The molecule has 3 atom stereocenters. The molecule has 2 fully saturated rings. The maximum absolute atomic E-state index is 15.0. The summed E-state index contributed by atoms with van der Waals surface area (Å²) in [5, 5.41) is 6.24. The Hall–Kier alpha value is -3.93. The summed E-state index contributed by atoms with van der Waals surface area (Å²) in [7, 11) is 0. The lowest BCUT2D eigenvalue weighted by Gasteiger charge is -2.36. The monoisotopic (exact) mass is 641 g/mol. The Labute approximate surface area is 270 Å². The number of hydrogen-bond donors (Lipinski definition) is 3. The predicted molar refractivity (Wildman–Crippen MR) is 175 cm³/mol. The second-order valence-corrected chi connectivity index (χ2v) is 11.0. The van der Waals surface area contributed by atoms with E-state index in [4.69, 9.17) is 15.3 Å². The van der Waals surface area contributed by atoms with Gasteiger partial charge < -0.3 is 26.0 Å². The highest BCUT2D eigenvalue weighted by Gasteiger charge is 2.35. The zero-order valence-electron chi connectivity index (χ0n) is 26.9. The molecule has 4 N–H and O–H groups in total. The Kier molecular flexibility index (Phi) is 16.3. The van der Waals surface area contributed by atoms with E-state index in [1.54, 1.807) is 13.0 Å². The van der Waals surface area contributed by atoms with Gasteiger partial charge in [-0.3, -0.25) is 14.7 Å². The zero-order valence-corrected chi connectivity index (χ0v) is 26.9. The average molecular weight is 642 g/mol. The van der Waals surface area contributed by atoms with Gasteiger partial charge in [-0.25, -0.2) is 13.2 Å². The zero-order chi connectivity index (χ0) is 34.2. The topological polar surface area (TPSA) is 117 Å². The number of nitrogens with zero attached hydrogens (tertiary/aromatic N) is 2. The van der Waals surface area contributed by atoms with Crippen LogP contribution in [-0.4, -0.2) is 67.1 Å². The van der Waals surface area contributed by atoms with Gasteiger partial charge in [0.25, 0.3) is 0 Å². The van der Waals surface area contributed by atoms with Crippen molar-refractivity contribution in [3.8, 4) is 0 Å². The predicted octanol–water partition coefficient (Wildman–Crippen LogP) is 5.32. The molecule has 8 nitrogen and oxygen atoms in total. The van der Waals surface area contributed by atoms with Gasteiger partial charge in [-0.05, 0) is 80.0 Å². The van der Waals surface area contributed by atoms with Crippen molar-refractivity contribution in [1.29, 1.82) is 0 Å². The van der Waals surface area contributed by atoms with E-state index in [-0.39, 0.29) is 5.69 Å². The molecule has 1 saturated heterocycles. The molecule has 1 aliphatic heterocycles. The fourth-order valence-corrected chi connectivity index (χ4v) is 5.86. The van der Waals surface area contributed by atoms with Gasteiger partial charge >= 0.3 is 0 Å². The second-order valence-electron chi connectivity index (χ2n) is 11.0. The second kappa shape index (κ2) is 19.6. The number of aryl methyl sites for hydroxylation is 1. The Morgan fingerprint density at radius 1 is 1.02 bits per heavy atom. The number of piperazine rings is 1. The third-order valence-electron chi connectivity index (χ3n) is 7.95. The normalized spacial score (nSPS) is 17.1. The number of benzene rings is 2. The third kappa shape index (κ3) is 10.6. The summed E-state index contributed by atoms with van der Waals surface area (Å²) in [4.78, 5) is 36.0. The summed E-state index contributed by atoms with van der Waals surface area (Å²) in [6.45, 7) is 12.7. The minimum absolute atomic E-state index is 0.273. The fourth-order valence-electron chi connectivity index (χ4n) is 5.86. The minimum Gasteiger partial charge on any atom is -0.323 e. The van der Waals surface area contributed by atoms with Crippen LogP contribution < -0.4 is 16.4 Å². The van der Waals surface area contributed by atoms with Crippen LogP contribution in [0.15, 0.2) is 54.9 Å². The third-order valence-corrected chi connectivity index (χ3v) is 7.95. The van der Waals surface area contributed by atoms with Crippen molar-refractivity contribution in [3.63, 3.8) is 0 Å². The molecule has 2 aromatic carbocycles. The number of hydrogen-bond acceptors (Lipinski definition) is 7. The summed E-state index contributed by atoms with van der Waals surface area (Å²) in [6, 6.07) is 10.0. The quantitative estimate of drug-likeness (QED) is 0.274. The molecular weight excluding hydrogens is 595 g/mol. The van der Waals surface area contributed by atoms with Crippen molar-refractivity contribution in [2.75, 3.05) is 25.0 Å². The van der Waals surface area contributed by atoms with Crippen LogP contribution in [0.25, 0.3) is 0 Å². The first-order valence-electron chi connectivity index (χ1n) is 15.6. The van der Waals surface area contributed by atoms with E-state index in [2.05, 4.69) is 20.5 Å². The van der Waals surface area contributed by atoms with Crippen LogP contribution in [0.4, 0.5) is 18.9 Å². The first kappa shape index (κ1) is 38.3. The molecule has 2 aliphatic rings. The highest BCUT2D eigenvalue weighted by molar-refractivity contribution is 5.96. The molecule has 46 heavy (non-hydrogen) atoms. The lowest BCUT2D eigenvalue weighted by molar-refractivity contribution is -0.117. The molecule has 1 amide bonds. The summed E-state index contributed by atoms with van der Waals surface area (Å²) >= 11 is 0. The van der Waals surface area contributed by atoms with Gasteiger partial charge in [0.05, 0.1) is 24.1 Å². The van der Waals surface area contributed by atoms with Crippen molar-refractivity contribution in [3.05, 3.63) is 94.6 Å². The Bertz CT molecular complexity index is 1350. The standard InChI is InChI=1S/C31H36F3N5O.C2H6.2CH2O/c1-19-13-21(15-23(33)14-19)29(20-5-7-22(32)8-6-20)30(35)31(40)38-28-18-37-17-27(34)26(28)4-2-3-25-16-36-11-12-39(25)24-9-10-24;3*1-2/h5-8,13-15,17-18,24-25,29-30,36H,2-4,9-12,16,35H2,1H3,(H,38,40);1-2H3;2*1H2/t25-,29-,30-;;;/m0.../s1. The van der Waals surface area contributed by atoms with Gasteiger partial charge in [0.1, 0.15) is 31.0 Å². The smallest absolute Gasteiger partial charge is 0.242 e. The van der Waals surface area contributed by atoms with Gasteiger partial charge in [-0.1, -0.05) is 32.0 Å². The van der Waals surface area contributed by atoms with Gasteiger partial charge in [0, 0.05) is 43.2 Å². The average Bonchev–Trinajstić information content (AvgIpc) is 3.92. The van der Waals surface area contributed by atoms with E-state index >= 15 is 0 Å². The summed E-state index contributed by atoms with van der Waals surface area (Å²) < 4.78 is 43.0. The number of halogens is 3. The van der Waals surface area contributed by atoms with Crippen LogP contribution in [0.5, 0.6) is 0 Å². The van der Waals surface area contributed by atoms with Crippen LogP contribution in [0.3, 0.4) is 0 Å². The molecule has 0 unspecified atom stereocenters. The number of pyridine rings is 1. The Balaban J connectivity index is 0.00000116. The van der Waals surface area contributed by atoms with Crippen LogP contribution in [-0.2, 0) is 20.8 Å². The van der Waals surface area contributed by atoms with Gasteiger partial charge in [0.15, 0.2) is 0 Å². The lowest BCUT2D eigenvalue weighted by atomic mass is 9.84. The number of rotatable bonds is 10. The number of amides is 1. The lowest BCUT2D eigenvalue weighted by Crippen LogP contribution is -2.52. The van der Waals surface area contributed by atoms with Gasteiger partial charge in [-0.2, -0.15) is 0 Å². The largest absolute Gasteiger partial charge is 0.323 e. The van der Waals surface area contributed by atoms with Gasteiger partial charge in [0.2, 0.25) is 5.91 Å². The number of carbonyl (C=O) groups is 3. The maximum atomic E-state index is 15.0. The van der Waals surface area contributed by atoms with Gasteiger partial charge in [-0.15, -0.1) is 0 Å². The Morgan fingerprint density at radius 2 is 1.70 bits per heavy atom. The summed E-state index contributed by atoms with van der Waals surface area (Å²) in [6.07, 6.45) is 7.20. The molecular formula is C35H46F3N5O3. The minimum atomic E-state index is -1.16. The van der Waals surface area contributed by atoms with Crippen molar-refractivity contribution in [2.24, 2.45) is 5.73 Å². The van der Waals surface area contributed by atoms with E-state index in [0.717, 1.165) is 38.7 Å². The SMILES string of the molecule is C=O.C=O.CC.Cc1cc(F)cc([C@H](c2ccc(F)cc2)[C@H](N)C(=O)Nc2cncc(F)c2CCC[C@H]2CNCCN2C2CC2)c1. The van der Waals surface area contributed by atoms with E-state index < -0.39 is 35.3 Å². The highest BCUT2D eigenvalue weighted by Crippen LogP contribution is 2.32. The molecule has 5 rings (SSSR count). The molecule has 2 heterocycles. The van der Waals surface area contributed by atoms with Crippen molar-refractivity contribution in [1.82, 2.24) is 15.2 Å². The maximum Gasteiger partial charge on any atom is 0.242 e. The molecule has 1 aromatic heterocycles. The van der Waals surface area contributed by atoms with Crippen molar-refractivity contribution < 1.29 is 27.6 Å². The van der Waals surface area contributed by atoms with E-state index in [1.807, 2.05) is 27.4 Å². The first-order valence-corrected chi connectivity index (χ1v) is 15.6. The van der Waals surface area contributed by atoms with E-state index in [9.17, 15) is 18.0 Å².